The van der Waals surface area contributed by atoms with E-state index in [9.17, 15) is 24.9 Å². The van der Waals surface area contributed by atoms with Crippen LogP contribution >= 0.6 is 0 Å². The highest BCUT2D eigenvalue weighted by molar-refractivity contribution is 6.32. The average Bonchev–Trinajstić information content (AvgIpc) is 3.25. The van der Waals surface area contributed by atoms with E-state index in [4.69, 9.17) is 9.47 Å². The van der Waals surface area contributed by atoms with E-state index in [1.54, 1.807) is 0 Å². The standard InChI is InChI=1S/C25H28N2O7/c28-20-14-33-21(23(30)22(20)29)11-16-6-7-18-17(12-27-19(18)10-16)8-9-26-24(31)25(32)34-13-15-4-2-1-3-5-15/h1-7,10,12,20-23,27-30H,8-9,11,13-14H2,(H,26,31). The van der Waals surface area contributed by atoms with Gasteiger partial charge in [0.1, 0.15) is 24.9 Å². The molecule has 0 bridgehead atoms. The highest BCUT2D eigenvalue weighted by atomic mass is 16.5. The molecule has 1 saturated heterocycles. The fourth-order valence-electron chi connectivity index (χ4n) is 4.02. The summed E-state index contributed by atoms with van der Waals surface area (Å²) in [5, 5.41) is 33.2. The summed E-state index contributed by atoms with van der Waals surface area (Å²) in [6.07, 6.45) is -1.34. The molecule has 4 unspecified atom stereocenters. The van der Waals surface area contributed by atoms with Crippen molar-refractivity contribution in [2.24, 2.45) is 0 Å². The molecule has 1 fully saturated rings. The predicted molar refractivity (Wildman–Crippen MR) is 123 cm³/mol. The lowest BCUT2D eigenvalue weighted by molar-refractivity contribution is -0.186. The molecule has 3 aromatic rings. The Morgan fingerprint density at radius 2 is 1.85 bits per heavy atom. The van der Waals surface area contributed by atoms with E-state index in [0.717, 1.165) is 27.6 Å². The highest BCUT2D eigenvalue weighted by Gasteiger charge is 2.37. The number of carbonyl (C=O) groups is 2. The van der Waals surface area contributed by atoms with Crippen LogP contribution in [0.15, 0.2) is 54.7 Å². The highest BCUT2D eigenvalue weighted by Crippen LogP contribution is 2.24. The van der Waals surface area contributed by atoms with Gasteiger partial charge in [-0.2, -0.15) is 0 Å². The van der Waals surface area contributed by atoms with Crippen molar-refractivity contribution in [2.45, 2.75) is 43.9 Å². The summed E-state index contributed by atoms with van der Waals surface area (Å²) >= 11 is 0. The van der Waals surface area contributed by atoms with Crippen LogP contribution in [0.5, 0.6) is 0 Å². The number of aliphatic hydroxyl groups excluding tert-OH is 3. The zero-order chi connectivity index (χ0) is 24.1. The van der Waals surface area contributed by atoms with E-state index < -0.39 is 36.3 Å². The number of carbonyl (C=O) groups excluding carboxylic acids is 2. The van der Waals surface area contributed by atoms with E-state index in [0.29, 0.717) is 12.8 Å². The van der Waals surface area contributed by atoms with Gasteiger partial charge in [0.15, 0.2) is 0 Å². The number of amides is 1. The summed E-state index contributed by atoms with van der Waals surface area (Å²) in [7, 11) is 0. The minimum atomic E-state index is -1.23. The smallest absolute Gasteiger partial charge is 0.397 e. The van der Waals surface area contributed by atoms with Crippen molar-refractivity contribution >= 4 is 22.8 Å². The molecular formula is C25H28N2O7. The SMILES string of the molecule is O=C(NCCc1c[nH]c2cc(CC3OCC(O)C(O)C3O)ccc12)C(=O)OCc1ccccc1. The molecule has 4 rings (SSSR count). The van der Waals surface area contributed by atoms with E-state index in [1.165, 1.54) is 0 Å². The molecule has 180 valence electrons. The first-order chi connectivity index (χ1) is 16.4. The van der Waals surface area contributed by atoms with Crippen LogP contribution in [0.4, 0.5) is 0 Å². The van der Waals surface area contributed by atoms with Crippen LogP contribution < -0.4 is 5.32 Å². The molecule has 0 aliphatic carbocycles. The Labute approximate surface area is 196 Å². The molecule has 1 aliphatic rings. The van der Waals surface area contributed by atoms with Gasteiger partial charge < -0.3 is 35.1 Å². The first-order valence-electron chi connectivity index (χ1n) is 11.2. The maximum Gasteiger partial charge on any atom is 0.397 e. The normalized spacial score (nSPS) is 22.4. The number of ether oxygens (including phenoxy) is 2. The first kappa shape index (κ1) is 23.9. The van der Waals surface area contributed by atoms with Gasteiger partial charge in [-0.15, -0.1) is 0 Å². The number of fused-ring (bicyclic) bond motifs is 1. The summed E-state index contributed by atoms with van der Waals surface area (Å²) in [4.78, 5) is 27.1. The summed E-state index contributed by atoms with van der Waals surface area (Å²) < 4.78 is 10.5. The molecule has 9 nitrogen and oxygen atoms in total. The molecule has 0 radical (unpaired) electrons. The van der Waals surface area contributed by atoms with Gasteiger partial charge in [-0.1, -0.05) is 42.5 Å². The van der Waals surface area contributed by atoms with E-state index in [-0.39, 0.29) is 19.8 Å². The number of aromatic amines is 1. The fourth-order valence-corrected chi connectivity index (χ4v) is 4.02. The van der Waals surface area contributed by atoms with Crippen molar-refractivity contribution in [2.75, 3.05) is 13.2 Å². The molecule has 2 heterocycles. The lowest BCUT2D eigenvalue weighted by atomic mass is 9.94. The number of aromatic nitrogens is 1. The molecule has 0 saturated carbocycles. The zero-order valence-electron chi connectivity index (χ0n) is 18.5. The van der Waals surface area contributed by atoms with Gasteiger partial charge in [0.05, 0.1) is 12.7 Å². The Morgan fingerprint density at radius 3 is 2.65 bits per heavy atom. The largest absolute Gasteiger partial charge is 0.454 e. The Morgan fingerprint density at radius 1 is 1.06 bits per heavy atom. The summed E-state index contributed by atoms with van der Waals surface area (Å²) in [6, 6.07) is 14.9. The second-order valence-corrected chi connectivity index (χ2v) is 8.39. The van der Waals surface area contributed by atoms with Gasteiger partial charge in [-0.25, -0.2) is 4.79 Å². The fraction of sp³-hybridized carbons (Fsp3) is 0.360. The van der Waals surface area contributed by atoms with Crippen LogP contribution in [-0.4, -0.2) is 69.7 Å². The third-order valence-corrected chi connectivity index (χ3v) is 5.95. The van der Waals surface area contributed by atoms with Crippen molar-refractivity contribution in [3.05, 3.63) is 71.4 Å². The second kappa shape index (κ2) is 10.8. The summed E-state index contributed by atoms with van der Waals surface area (Å²) in [6.45, 7) is 0.292. The minimum Gasteiger partial charge on any atom is -0.454 e. The van der Waals surface area contributed by atoms with Crippen LogP contribution in [0.2, 0.25) is 0 Å². The molecule has 2 aromatic carbocycles. The van der Waals surface area contributed by atoms with Crippen LogP contribution in [0.25, 0.3) is 10.9 Å². The average molecular weight is 469 g/mol. The second-order valence-electron chi connectivity index (χ2n) is 8.39. The minimum absolute atomic E-state index is 0.0245. The van der Waals surface area contributed by atoms with Crippen molar-refractivity contribution < 1.29 is 34.4 Å². The first-order valence-corrected chi connectivity index (χ1v) is 11.2. The molecule has 1 amide bonds. The Bertz CT molecular complexity index is 1130. The lowest BCUT2D eigenvalue weighted by Crippen LogP contribution is -2.53. The molecule has 1 aromatic heterocycles. The van der Waals surface area contributed by atoms with Gasteiger partial charge in [-0.3, -0.25) is 4.79 Å². The number of aliphatic hydroxyl groups is 3. The Hall–Kier alpha value is -3.24. The Balaban J connectivity index is 1.28. The third-order valence-electron chi connectivity index (χ3n) is 5.95. The number of benzene rings is 2. The molecule has 4 atom stereocenters. The number of esters is 1. The van der Waals surface area contributed by atoms with Crippen LogP contribution in [0.3, 0.4) is 0 Å². The predicted octanol–water partition coefficient (Wildman–Crippen LogP) is 0.594. The van der Waals surface area contributed by atoms with Gasteiger partial charge >= 0.3 is 11.9 Å². The number of nitrogens with one attached hydrogen (secondary N) is 2. The topological polar surface area (TPSA) is 141 Å². The van der Waals surface area contributed by atoms with Crippen molar-refractivity contribution in [1.82, 2.24) is 10.3 Å². The quantitative estimate of drug-likeness (QED) is 0.252. The van der Waals surface area contributed by atoms with Crippen LogP contribution in [0.1, 0.15) is 16.7 Å². The van der Waals surface area contributed by atoms with Crippen molar-refractivity contribution in [3.63, 3.8) is 0 Å². The van der Waals surface area contributed by atoms with Crippen LogP contribution in [0, 0.1) is 0 Å². The molecule has 5 N–H and O–H groups in total. The van der Waals surface area contributed by atoms with Crippen molar-refractivity contribution in [3.8, 4) is 0 Å². The maximum atomic E-state index is 12.0. The van der Waals surface area contributed by atoms with E-state index >= 15 is 0 Å². The number of H-pyrrole nitrogens is 1. The monoisotopic (exact) mass is 468 g/mol. The van der Waals surface area contributed by atoms with Crippen molar-refractivity contribution in [1.29, 1.82) is 0 Å². The third kappa shape index (κ3) is 5.63. The van der Waals surface area contributed by atoms with Gasteiger partial charge in [0.25, 0.3) is 0 Å². The number of hydrogen-bond acceptors (Lipinski definition) is 7. The Kier molecular flexibility index (Phi) is 7.59. The maximum absolute atomic E-state index is 12.0. The van der Waals surface area contributed by atoms with E-state index in [2.05, 4.69) is 10.3 Å². The van der Waals surface area contributed by atoms with E-state index in [1.807, 2.05) is 54.7 Å². The molecular weight excluding hydrogens is 440 g/mol. The van der Waals surface area contributed by atoms with Gasteiger partial charge in [-0.05, 0) is 29.2 Å². The summed E-state index contributed by atoms with van der Waals surface area (Å²) in [5.41, 5.74) is 3.57. The van der Waals surface area contributed by atoms with Gasteiger partial charge in [0.2, 0.25) is 0 Å². The zero-order valence-corrected chi connectivity index (χ0v) is 18.5. The molecule has 1 aliphatic heterocycles. The molecule has 9 heteroatoms. The number of hydrogen-bond donors (Lipinski definition) is 5. The van der Waals surface area contributed by atoms with Gasteiger partial charge in [0, 0.05) is 30.1 Å². The summed E-state index contributed by atoms with van der Waals surface area (Å²) in [5.74, 6) is -1.70. The number of rotatable bonds is 7. The molecule has 0 spiro atoms. The van der Waals surface area contributed by atoms with Crippen LogP contribution in [-0.2, 0) is 38.5 Å². The lowest BCUT2D eigenvalue weighted by Gasteiger charge is -2.35. The molecule has 34 heavy (non-hydrogen) atoms.